The van der Waals surface area contributed by atoms with Crippen LogP contribution >= 0.6 is 40.2 Å². The van der Waals surface area contributed by atoms with Crippen molar-refractivity contribution in [2.75, 3.05) is 13.1 Å². The molecule has 106 valence electrons. The average Bonchev–Trinajstić information content (AvgIpc) is 2.73. The third kappa shape index (κ3) is 4.86. The molecule has 0 saturated carbocycles. The summed E-state index contributed by atoms with van der Waals surface area (Å²) in [5, 5.41) is 8.02. The fraction of sp³-hybridized carbons (Fsp3) is 0.462. The van der Waals surface area contributed by atoms with Crippen LogP contribution in [0.15, 0.2) is 23.2 Å². The number of rotatable bonds is 4. The Morgan fingerprint density at radius 2 is 2.05 bits per heavy atom. The molecule has 0 radical (unpaired) electrons. The average molecular weight is 367 g/mol. The van der Waals surface area contributed by atoms with Crippen LogP contribution in [0.3, 0.4) is 0 Å². The van der Waals surface area contributed by atoms with Gasteiger partial charge >= 0.3 is 0 Å². The fourth-order valence-corrected chi connectivity index (χ4v) is 2.49. The molecule has 19 heavy (non-hydrogen) atoms. The van der Waals surface area contributed by atoms with Gasteiger partial charge in [-0.15, -0.1) is 17.0 Å². The van der Waals surface area contributed by atoms with Crippen LogP contribution in [-0.4, -0.2) is 25.1 Å². The molecule has 0 aliphatic carbocycles. The summed E-state index contributed by atoms with van der Waals surface area (Å²) < 4.78 is 0. The molecule has 1 aromatic carbocycles. The van der Waals surface area contributed by atoms with Crippen molar-refractivity contribution in [1.29, 1.82) is 0 Å². The highest BCUT2D eigenvalue weighted by Crippen LogP contribution is 2.25. The highest BCUT2D eigenvalue weighted by Gasteiger charge is 2.11. The van der Waals surface area contributed by atoms with Gasteiger partial charge in [-0.1, -0.05) is 29.3 Å². The Hall–Kier alpha value is -0.450. The number of hydrogen-bond acceptors (Lipinski definition) is 3. The molecule has 1 atom stereocenters. The highest BCUT2D eigenvalue weighted by atomic mass is 79.9. The largest absolute Gasteiger partial charge is 0.356 e. The first-order valence-corrected chi connectivity index (χ1v) is 6.90. The minimum atomic E-state index is 0. The molecule has 0 fully saturated rings. The summed E-state index contributed by atoms with van der Waals surface area (Å²) in [5.41, 5.74) is 1.03. The molecular weight excluding hydrogens is 349 g/mol. The van der Waals surface area contributed by atoms with Gasteiger partial charge in [0.2, 0.25) is 0 Å². The second kappa shape index (κ2) is 7.98. The number of nitrogens with zero attached hydrogens (tertiary/aromatic N) is 1. The molecule has 0 aromatic heterocycles. The minimum absolute atomic E-state index is 0. The van der Waals surface area contributed by atoms with Crippen LogP contribution < -0.4 is 10.6 Å². The Morgan fingerprint density at radius 1 is 1.37 bits per heavy atom. The van der Waals surface area contributed by atoms with Gasteiger partial charge in [-0.2, -0.15) is 0 Å². The van der Waals surface area contributed by atoms with Crippen LogP contribution in [0.5, 0.6) is 0 Å². The number of benzene rings is 1. The number of hydrogen-bond donors (Lipinski definition) is 2. The Bertz CT molecular complexity index is 431. The van der Waals surface area contributed by atoms with Gasteiger partial charge in [0.15, 0.2) is 5.96 Å². The Morgan fingerprint density at radius 3 is 2.63 bits per heavy atom. The summed E-state index contributed by atoms with van der Waals surface area (Å²) in [4.78, 5) is 4.34. The summed E-state index contributed by atoms with van der Waals surface area (Å²) in [7, 11) is 0. The Kier molecular flexibility index (Phi) is 6.97. The molecule has 1 aliphatic heterocycles. The monoisotopic (exact) mass is 365 g/mol. The quantitative estimate of drug-likeness (QED) is 0.800. The third-order valence-electron chi connectivity index (χ3n) is 2.86. The Balaban J connectivity index is 0.00000180. The molecule has 0 amide bonds. The van der Waals surface area contributed by atoms with E-state index in [4.69, 9.17) is 23.2 Å². The van der Waals surface area contributed by atoms with Gasteiger partial charge in [0, 0.05) is 22.6 Å². The molecule has 2 rings (SSSR count). The zero-order valence-electron chi connectivity index (χ0n) is 10.7. The van der Waals surface area contributed by atoms with Crippen LogP contribution in [0.1, 0.15) is 18.9 Å². The first kappa shape index (κ1) is 16.6. The number of halogens is 3. The molecule has 0 bridgehead atoms. The summed E-state index contributed by atoms with van der Waals surface area (Å²) >= 11 is 12.2. The van der Waals surface area contributed by atoms with E-state index in [-0.39, 0.29) is 17.0 Å². The number of nitrogens with one attached hydrogen (secondary N) is 2. The van der Waals surface area contributed by atoms with Crippen LogP contribution in [0.2, 0.25) is 10.0 Å². The molecule has 1 heterocycles. The van der Waals surface area contributed by atoms with Crippen LogP contribution in [0.25, 0.3) is 0 Å². The number of guanidine groups is 1. The molecule has 1 unspecified atom stereocenters. The van der Waals surface area contributed by atoms with Crippen molar-refractivity contribution in [3.63, 3.8) is 0 Å². The summed E-state index contributed by atoms with van der Waals surface area (Å²) in [6.07, 6.45) is 1.84. The van der Waals surface area contributed by atoms with E-state index < -0.39 is 0 Å². The van der Waals surface area contributed by atoms with Crippen molar-refractivity contribution in [2.45, 2.75) is 25.8 Å². The molecule has 1 aliphatic rings. The fourth-order valence-electron chi connectivity index (χ4n) is 1.90. The zero-order chi connectivity index (χ0) is 13.0. The van der Waals surface area contributed by atoms with E-state index in [9.17, 15) is 0 Å². The van der Waals surface area contributed by atoms with Crippen molar-refractivity contribution in [2.24, 2.45) is 4.99 Å². The topological polar surface area (TPSA) is 36.4 Å². The summed E-state index contributed by atoms with van der Waals surface area (Å²) in [6.45, 7) is 3.82. The summed E-state index contributed by atoms with van der Waals surface area (Å²) in [6, 6.07) is 6.05. The number of aliphatic imine (C=N–C) groups is 1. The first-order chi connectivity index (χ1) is 8.66. The van der Waals surface area contributed by atoms with Gasteiger partial charge in [-0.25, -0.2) is 0 Å². The van der Waals surface area contributed by atoms with E-state index in [1.54, 1.807) is 0 Å². The molecular formula is C13H18BrCl2N3. The van der Waals surface area contributed by atoms with E-state index in [0.717, 1.165) is 47.5 Å². The Labute approximate surface area is 134 Å². The second-order valence-electron chi connectivity index (χ2n) is 4.47. The standard InChI is InChI=1S/C13H17Cl2N3.BrH/c1-9-8-17-13(18-9)16-7-3-4-10-11(14)5-2-6-12(10)15;/h2,5-6,9H,3-4,7-8H2,1H3,(H2,16,17,18);1H. The normalized spacial score (nSPS) is 17.4. The van der Waals surface area contributed by atoms with Crippen molar-refractivity contribution < 1.29 is 0 Å². The molecule has 6 heteroatoms. The molecule has 0 saturated heterocycles. The van der Waals surface area contributed by atoms with E-state index in [2.05, 4.69) is 22.5 Å². The van der Waals surface area contributed by atoms with E-state index >= 15 is 0 Å². The van der Waals surface area contributed by atoms with Gasteiger partial charge in [-0.3, -0.25) is 4.99 Å². The van der Waals surface area contributed by atoms with Crippen molar-refractivity contribution in [3.8, 4) is 0 Å². The van der Waals surface area contributed by atoms with Gasteiger partial charge in [0.25, 0.3) is 0 Å². The molecule has 1 aromatic rings. The van der Waals surface area contributed by atoms with Gasteiger partial charge in [0.05, 0.1) is 6.54 Å². The van der Waals surface area contributed by atoms with E-state index in [1.807, 2.05) is 18.2 Å². The van der Waals surface area contributed by atoms with Crippen molar-refractivity contribution in [3.05, 3.63) is 33.8 Å². The third-order valence-corrected chi connectivity index (χ3v) is 3.57. The lowest BCUT2D eigenvalue weighted by molar-refractivity contribution is 0.704. The molecule has 0 spiro atoms. The molecule has 2 N–H and O–H groups in total. The molecule has 3 nitrogen and oxygen atoms in total. The van der Waals surface area contributed by atoms with Crippen LogP contribution in [0, 0.1) is 0 Å². The minimum Gasteiger partial charge on any atom is -0.356 e. The van der Waals surface area contributed by atoms with Gasteiger partial charge in [0.1, 0.15) is 0 Å². The van der Waals surface area contributed by atoms with E-state index in [0.29, 0.717) is 6.04 Å². The predicted octanol–water partition coefficient (Wildman–Crippen LogP) is 3.44. The maximum Gasteiger partial charge on any atom is 0.191 e. The van der Waals surface area contributed by atoms with Gasteiger partial charge in [-0.05, 0) is 37.5 Å². The first-order valence-electron chi connectivity index (χ1n) is 6.14. The highest BCUT2D eigenvalue weighted by molar-refractivity contribution is 8.93. The second-order valence-corrected chi connectivity index (χ2v) is 5.28. The SMILES string of the molecule is Br.CC1CN=C(NCCCc2c(Cl)cccc2Cl)N1. The maximum absolute atomic E-state index is 6.11. The lowest BCUT2D eigenvalue weighted by atomic mass is 10.1. The van der Waals surface area contributed by atoms with Crippen LogP contribution in [0.4, 0.5) is 0 Å². The smallest absolute Gasteiger partial charge is 0.191 e. The van der Waals surface area contributed by atoms with Crippen LogP contribution in [-0.2, 0) is 6.42 Å². The summed E-state index contributed by atoms with van der Waals surface area (Å²) in [5.74, 6) is 0.896. The van der Waals surface area contributed by atoms with Crippen molar-refractivity contribution in [1.82, 2.24) is 10.6 Å². The maximum atomic E-state index is 6.11. The van der Waals surface area contributed by atoms with Gasteiger partial charge < -0.3 is 10.6 Å². The van der Waals surface area contributed by atoms with E-state index in [1.165, 1.54) is 0 Å². The zero-order valence-corrected chi connectivity index (χ0v) is 14.0. The lowest BCUT2D eigenvalue weighted by Gasteiger charge is -2.10. The lowest BCUT2D eigenvalue weighted by Crippen LogP contribution is -2.38. The van der Waals surface area contributed by atoms with Crippen molar-refractivity contribution >= 4 is 46.1 Å². The predicted molar refractivity (Wildman–Crippen MR) is 88.0 cm³/mol.